The monoisotopic (exact) mass is 593 g/mol. The fourth-order valence-electron chi connectivity index (χ4n) is 6.44. The molecular weight excluding hydrogens is 567 g/mol. The van der Waals surface area contributed by atoms with Gasteiger partial charge in [0.25, 0.3) is 0 Å². The first-order chi connectivity index (χ1) is 22.3. The Morgan fingerprint density at radius 2 is 0.867 bits per heavy atom. The summed E-state index contributed by atoms with van der Waals surface area (Å²) in [6, 6.07) is 58.6. The topological polar surface area (TPSA) is 16.4 Å². The Balaban J connectivity index is 1.16. The summed E-state index contributed by atoms with van der Waals surface area (Å²) in [5.41, 5.74) is 9.96. The average molecular weight is 594 g/mol. The van der Waals surface area contributed by atoms with E-state index < -0.39 is 0 Å². The molecule has 0 saturated heterocycles. The molecule has 0 bridgehead atoms. The normalized spacial score (nSPS) is 11.6. The summed E-state index contributed by atoms with van der Waals surface area (Å²) >= 11 is 1.85. The summed E-state index contributed by atoms with van der Waals surface area (Å²) in [5, 5.41) is 4.82. The molecule has 0 fully saturated rings. The van der Waals surface area contributed by atoms with E-state index in [4.69, 9.17) is 4.42 Å². The maximum absolute atomic E-state index is 6.18. The van der Waals surface area contributed by atoms with Crippen LogP contribution >= 0.6 is 11.3 Å². The van der Waals surface area contributed by atoms with Gasteiger partial charge in [-0.15, -0.1) is 11.3 Å². The van der Waals surface area contributed by atoms with Crippen LogP contribution in [0.3, 0.4) is 0 Å². The Labute approximate surface area is 265 Å². The number of rotatable bonds is 5. The van der Waals surface area contributed by atoms with Crippen LogP contribution in [0.25, 0.3) is 64.4 Å². The number of furan rings is 1. The molecule has 9 aromatic rings. The summed E-state index contributed by atoms with van der Waals surface area (Å²) in [7, 11) is 0. The van der Waals surface area contributed by atoms with Crippen molar-refractivity contribution < 1.29 is 4.42 Å². The van der Waals surface area contributed by atoms with E-state index in [1.807, 2.05) is 23.5 Å². The molecule has 0 spiro atoms. The van der Waals surface area contributed by atoms with E-state index in [1.165, 1.54) is 42.4 Å². The summed E-state index contributed by atoms with van der Waals surface area (Å²) in [6.45, 7) is 0. The molecular formula is C42H27NOS. The van der Waals surface area contributed by atoms with E-state index in [0.717, 1.165) is 39.0 Å². The van der Waals surface area contributed by atoms with E-state index in [9.17, 15) is 0 Å². The molecule has 0 aliphatic rings. The van der Waals surface area contributed by atoms with Crippen molar-refractivity contribution in [2.45, 2.75) is 0 Å². The quantitative estimate of drug-likeness (QED) is 0.197. The third-order valence-corrected chi connectivity index (χ3v) is 9.84. The van der Waals surface area contributed by atoms with Crippen molar-refractivity contribution in [1.29, 1.82) is 0 Å². The van der Waals surface area contributed by atoms with Gasteiger partial charge in [0.05, 0.1) is 0 Å². The molecule has 2 heterocycles. The second-order valence-electron chi connectivity index (χ2n) is 11.4. The summed E-state index contributed by atoms with van der Waals surface area (Å²) in [4.78, 5) is 2.36. The third kappa shape index (κ3) is 4.48. The minimum Gasteiger partial charge on any atom is -0.456 e. The Kier molecular flexibility index (Phi) is 6.03. The lowest BCUT2D eigenvalue weighted by Gasteiger charge is -2.26. The summed E-state index contributed by atoms with van der Waals surface area (Å²) in [5.74, 6) is 0. The Morgan fingerprint density at radius 1 is 0.356 bits per heavy atom. The molecule has 3 heteroatoms. The van der Waals surface area contributed by atoms with Gasteiger partial charge in [0.2, 0.25) is 0 Å². The van der Waals surface area contributed by atoms with Crippen LogP contribution in [-0.4, -0.2) is 0 Å². The molecule has 9 rings (SSSR count). The second-order valence-corrected chi connectivity index (χ2v) is 12.5. The number of hydrogen-bond acceptors (Lipinski definition) is 3. The lowest BCUT2D eigenvalue weighted by atomic mass is 10.00. The second kappa shape index (κ2) is 10.5. The first kappa shape index (κ1) is 25.8. The van der Waals surface area contributed by atoms with Crippen LogP contribution in [0.4, 0.5) is 17.1 Å². The number of thiophene rings is 1. The van der Waals surface area contributed by atoms with Crippen LogP contribution in [0.2, 0.25) is 0 Å². The molecule has 0 aliphatic carbocycles. The van der Waals surface area contributed by atoms with E-state index in [-0.39, 0.29) is 0 Å². The number of hydrogen-bond donors (Lipinski definition) is 0. The molecule has 0 unspecified atom stereocenters. The van der Waals surface area contributed by atoms with Crippen molar-refractivity contribution >= 4 is 70.5 Å². The van der Waals surface area contributed by atoms with E-state index in [1.54, 1.807) is 0 Å². The molecule has 2 aromatic heterocycles. The fraction of sp³-hybridized carbons (Fsp3) is 0. The zero-order valence-corrected chi connectivity index (χ0v) is 25.2. The van der Waals surface area contributed by atoms with Crippen LogP contribution in [-0.2, 0) is 0 Å². The lowest BCUT2D eigenvalue weighted by Crippen LogP contribution is -2.09. The highest BCUT2D eigenvalue weighted by Gasteiger charge is 2.17. The number of benzene rings is 7. The first-order valence-corrected chi connectivity index (χ1v) is 16.0. The van der Waals surface area contributed by atoms with E-state index in [0.29, 0.717) is 0 Å². The molecule has 0 saturated carbocycles. The Morgan fingerprint density at radius 3 is 1.62 bits per heavy atom. The van der Waals surface area contributed by atoms with Gasteiger partial charge >= 0.3 is 0 Å². The van der Waals surface area contributed by atoms with Gasteiger partial charge in [0.15, 0.2) is 0 Å². The SMILES string of the molecule is c1ccc(-c2ccc(-c3ccc(N(c4ccc5oc6ccccc6c5c4)c4ccc5sc6ccccc6c5c4)cc3)cc2)cc1. The van der Waals surface area contributed by atoms with E-state index in [2.05, 4.69) is 157 Å². The fourth-order valence-corrected chi connectivity index (χ4v) is 7.53. The smallest absolute Gasteiger partial charge is 0.135 e. The van der Waals surface area contributed by atoms with Gasteiger partial charge in [-0.05, 0) is 82.9 Å². The first-order valence-electron chi connectivity index (χ1n) is 15.2. The number of anilines is 3. The van der Waals surface area contributed by atoms with Gasteiger partial charge in [-0.25, -0.2) is 0 Å². The van der Waals surface area contributed by atoms with Crippen molar-refractivity contribution in [2.75, 3.05) is 4.90 Å². The molecule has 0 N–H and O–H groups in total. The van der Waals surface area contributed by atoms with E-state index >= 15 is 0 Å². The molecule has 0 radical (unpaired) electrons. The van der Waals surface area contributed by atoms with Gasteiger partial charge in [-0.3, -0.25) is 0 Å². The third-order valence-electron chi connectivity index (χ3n) is 8.69. The number of para-hydroxylation sites is 1. The molecule has 0 aliphatic heterocycles. The Hall–Kier alpha value is -5.64. The standard InChI is InChI=1S/C42H27NOS/c1-2-8-28(9-3-1)29-14-16-30(17-15-29)31-18-20-32(21-19-31)43(33-22-24-40-37(26-33)35-10-4-6-12-39(35)44-40)34-23-25-42-38(27-34)36-11-5-7-13-41(36)45-42/h1-27H. The van der Waals surface area contributed by atoms with Crippen molar-refractivity contribution in [3.63, 3.8) is 0 Å². The predicted molar refractivity (Wildman–Crippen MR) is 192 cm³/mol. The van der Waals surface area contributed by atoms with Crippen LogP contribution in [0.15, 0.2) is 168 Å². The zero-order valence-electron chi connectivity index (χ0n) is 24.4. The molecule has 2 nitrogen and oxygen atoms in total. The highest BCUT2D eigenvalue weighted by molar-refractivity contribution is 7.25. The van der Waals surface area contributed by atoms with Gasteiger partial charge in [-0.2, -0.15) is 0 Å². The highest BCUT2D eigenvalue weighted by atomic mass is 32.1. The summed E-state index contributed by atoms with van der Waals surface area (Å²) in [6.07, 6.45) is 0. The minimum absolute atomic E-state index is 0.897. The molecule has 45 heavy (non-hydrogen) atoms. The van der Waals surface area contributed by atoms with Crippen molar-refractivity contribution in [3.05, 3.63) is 164 Å². The van der Waals surface area contributed by atoms with Crippen LogP contribution in [0, 0.1) is 0 Å². The number of nitrogens with zero attached hydrogens (tertiary/aromatic N) is 1. The molecule has 0 amide bonds. The zero-order chi connectivity index (χ0) is 29.7. The van der Waals surface area contributed by atoms with Gasteiger partial charge in [0, 0.05) is 48.0 Å². The molecule has 7 aromatic carbocycles. The highest BCUT2D eigenvalue weighted by Crippen LogP contribution is 2.42. The van der Waals surface area contributed by atoms with Crippen LogP contribution < -0.4 is 4.90 Å². The van der Waals surface area contributed by atoms with Crippen molar-refractivity contribution in [2.24, 2.45) is 0 Å². The van der Waals surface area contributed by atoms with Gasteiger partial charge < -0.3 is 9.32 Å². The largest absolute Gasteiger partial charge is 0.456 e. The van der Waals surface area contributed by atoms with Crippen molar-refractivity contribution in [3.8, 4) is 22.3 Å². The summed E-state index contributed by atoms with van der Waals surface area (Å²) < 4.78 is 8.79. The number of fused-ring (bicyclic) bond motifs is 6. The lowest BCUT2D eigenvalue weighted by molar-refractivity contribution is 0.669. The average Bonchev–Trinajstić information content (AvgIpc) is 3.67. The van der Waals surface area contributed by atoms with Gasteiger partial charge in [0.1, 0.15) is 11.2 Å². The minimum atomic E-state index is 0.897. The van der Waals surface area contributed by atoms with Crippen LogP contribution in [0.1, 0.15) is 0 Å². The molecule has 0 atom stereocenters. The van der Waals surface area contributed by atoms with Gasteiger partial charge in [-0.1, -0.05) is 103 Å². The maximum atomic E-state index is 6.18. The predicted octanol–water partition coefficient (Wildman–Crippen LogP) is 12.8. The Bertz CT molecular complexity index is 2360. The van der Waals surface area contributed by atoms with Crippen molar-refractivity contribution in [1.82, 2.24) is 0 Å². The van der Waals surface area contributed by atoms with Crippen LogP contribution in [0.5, 0.6) is 0 Å². The molecule has 212 valence electrons. The maximum Gasteiger partial charge on any atom is 0.135 e.